The van der Waals surface area contributed by atoms with Gasteiger partial charge in [-0.25, -0.2) is 4.99 Å². The van der Waals surface area contributed by atoms with E-state index in [1.807, 2.05) is 55.5 Å². The molecule has 1 aliphatic rings. The zero-order chi connectivity index (χ0) is 21.9. The number of rotatable bonds is 9. The first kappa shape index (κ1) is 26.4. The van der Waals surface area contributed by atoms with Crippen LogP contribution in [0.15, 0.2) is 53.5 Å². The fourth-order valence-electron chi connectivity index (χ4n) is 3.41. The van der Waals surface area contributed by atoms with Crippen LogP contribution in [0.1, 0.15) is 41.3 Å². The summed E-state index contributed by atoms with van der Waals surface area (Å²) < 4.78 is 5.56. The number of guanidine groups is 1. The Labute approximate surface area is 212 Å². The van der Waals surface area contributed by atoms with E-state index < -0.39 is 0 Å². The average Bonchev–Trinajstić information content (AvgIpc) is 3.31. The van der Waals surface area contributed by atoms with Gasteiger partial charge in [-0.15, -0.1) is 24.0 Å². The Morgan fingerprint density at radius 2 is 1.94 bits per heavy atom. The quantitative estimate of drug-likeness (QED) is 0.240. The number of ether oxygens (including phenoxy) is 1. The molecule has 0 radical (unpaired) electrons. The second-order valence-corrected chi connectivity index (χ2v) is 7.98. The van der Waals surface area contributed by atoms with E-state index in [0.29, 0.717) is 18.7 Å². The van der Waals surface area contributed by atoms with Crippen LogP contribution in [-0.2, 0) is 17.7 Å². The summed E-state index contributed by atoms with van der Waals surface area (Å²) in [6.07, 6.45) is 3.09. The highest BCUT2D eigenvalue weighted by molar-refractivity contribution is 14.0. The summed E-state index contributed by atoms with van der Waals surface area (Å²) >= 11 is 5.94. The summed E-state index contributed by atoms with van der Waals surface area (Å²) in [5.74, 6) is 0.680. The van der Waals surface area contributed by atoms with Crippen LogP contribution in [0.2, 0.25) is 5.02 Å². The summed E-state index contributed by atoms with van der Waals surface area (Å²) in [4.78, 5) is 17.1. The second kappa shape index (κ2) is 14.3. The lowest BCUT2D eigenvalue weighted by molar-refractivity contribution is 0.0857. The highest BCUT2D eigenvalue weighted by atomic mass is 127. The fraction of sp³-hybridized carbons (Fsp3) is 0.417. The molecular formula is C24H32ClIN4O2. The molecule has 1 heterocycles. The van der Waals surface area contributed by atoms with E-state index in [4.69, 9.17) is 16.3 Å². The van der Waals surface area contributed by atoms with E-state index in [1.54, 1.807) is 0 Å². The zero-order valence-electron chi connectivity index (χ0n) is 18.4. The number of benzene rings is 2. The molecule has 1 fully saturated rings. The molecule has 6 nitrogen and oxygen atoms in total. The van der Waals surface area contributed by atoms with Gasteiger partial charge in [0.2, 0.25) is 0 Å². The van der Waals surface area contributed by atoms with Gasteiger partial charge in [0, 0.05) is 36.8 Å². The molecule has 1 unspecified atom stereocenters. The number of carbonyl (C=O) groups excluding carboxylic acids is 1. The molecule has 32 heavy (non-hydrogen) atoms. The smallest absolute Gasteiger partial charge is 0.251 e. The average molecular weight is 571 g/mol. The van der Waals surface area contributed by atoms with Gasteiger partial charge in [0.1, 0.15) is 0 Å². The van der Waals surface area contributed by atoms with Crippen molar-refractivity contribution < 1.29 is 9.53 Å². The van der Waals surface area contributed by atoms with Gasteiger partial charge in [-0.1, -0.05) is 35.9 Å². The Morgan fingerprint density at radius 3 is 2.66 bits per heavy atom. The van der Waals surface area contributed by atoms with Crippen molar-refractivity contribution in [3.05, 3.63) is 70.2 Å². The van der Waals surface area contributed by atoms with E-state index in [0.717, 1.165) is 55.5 Å². The minimum absolute atomic E-state index is 0. The normalized spacial score (nSPS) is 15.7. The van der Waals surface area contributed by atoms with Crippen molar-refractivity contribution >= 4 is 47.4 Å². The molecule has 174 valence electrons. The maximum Gasteiger partial charge on any atom is 0.251 e. The Morgan fingerprint density at radius 1 is 1.12 bits per heavy atom. The highest BCUT2D eigenvalue weighted by Gasteiger charge is 2.16. The highest BCUT2D eigenvalue weighted by Crippen LogP contribution is 2.12. The predicted molar refractivity (Wildman–Crippen MR) is 141 cm³/mol. The van der Waals surface area contributed by atoms with Crippen LogP contribution in [0.25, 0.3) is 0 Å². The van der Waals surface area contributed by atoms with Gasteiger partial charge in [0.15, 0.2) is 5.96 Å². The first-order valence-corrected chi connectivity index (χ1v) is 11.3. The van der Waals surface area contributed by atoms with Crippen LogP contribution < -0.4 is 16.0 Å². The summed E-state index contributed by atoms with van der Waals surface area (Å²) in [6, 6.07) is 15.5. The maximum atomic E-state index is 12.5. The van der Waals surface area contributed by atoms with Crippen molar-refractivity contribution in [1.82, 2.24) is 16.0 Å². The molecule has 0 spiro atoms. The van der Waals surface area contributed by atoms with Crippen molar-refractivity contribution in [1.29, 1.82) is 0 Å². The number of nitrogens with zero attached hydrogens (tertiary/aromatic N) is 1. The van der Waals surface area contributed by atoms with Gasteiger partial charge in [0.25, 0.3) is 5.91 Å². The van der Waals surface area contributed by atoms with Crippen LogP contribution in [0.5, 0.6) is 0 Å². The molecule has 1 amide bonds. The molecule has 0 saturated carbocycles. The second-order valence-electron chi connectivity index (χ2n) is 7.54. The topological polar surface area (TPSA) is 74.8 Å². The molecular weight excluding hydrogens is 539 g/mol. The third-order valence-electron chi connectivity index (χ3n) is 5.09. The number of aliphatic imine (C=N–C) groups is 1. The van der Waals surface area contributed by atoms with Gasteiger partial charge in [0.05, 0.1) is 12.6 Å². The SMILES string of the molecule is CCNC(=NCc1cccc(C(=O)NCC2CCCO2)c1)NCCc1ccc(Cl)cc1.I. The van der Waals surface area contributed by atoms with Crippen molar-refractivity contribution in [2.45, 2.75) is 38.8 Å². The van der Waals surface area contributed by atoms with Crippen LogP contribution in [0, 0.1) is 0 Å². The van der Waals surface area contributed by atoms with E-state index in [-0.39, 0.29) is 36.0 Å². The maximum absolute atomic E-state index is 12.5. The third kappa shape index (κ3) is 8.96. The number of halogens is 2. The number of hydrogen-bond acceptors (Lipinski definition) is 3. The van der Waals surface area contributed by atoms with Crippen molar-refractivity contribution in [2.24, 2.45) is 4.99 Å². The first-order valence-electron chi connectivity index (χ1n) is 10.9. The number of nitrogens with one attached hydrogen (secondary N) is 3. The predicted octanol–water partition coefficient (Wildman–Crippen LogP) is 4.16. The molecule has 1 saturated heterocycles. The van der Waals surface area contributed by atoms with Gasteiger partial charge in [-0.3, -0.25) is 4.79 Å². The summed E-state index contributed by atoms with van der Waals surface area (Å²) in [6.45, 7) is 5.41. The van der Waals surface area contributed by atoms with Crippen LogP contribution in [0.3, 0.4) is 0 Å². The first-order chi connectivity index (χ1) is 15.1. The van der Waals surface area contributed by atoms with Crippen molar-refractivity contribution in [3.63, 3.8) is 0 Å². The van der Waals surface area contributed by atoms with Crippen LogP contribution in [0.4, 0.5) is 0 Å². The van der Waals surface area contributed by atoms with Crippen LogP contribution in [-0.4, -0.2) is 44.2 Å². The standard InChI is InChI=1S/C24H31ClN4O2.HI/c1-2-26-24(27-13-12-18-8-10-21(25)11-9-18)29-16-19-5-3-6-20(15-19)23(30)28-17-22-7-4-14-31-22;/h3,5-6,8-11,15,22H,2,4,7,12-14,16-17H2,1H3,(H,28,30)(H2,26,27,29);1H. The lowest BCUT2D eigenvalue weighted by Crippen LogP contribution is -2.38. The number of amides is 1. The van der Waals surface area contributed by atoms with E-state index in [1.165, 1.54) is 5.56 Å². The minimum Gasteiger partial charge on any atom is -0.376 e. The molecule has 0 aromatic heterocycles. The van der Waals surface area contributed by atoms with Crippen molar-refractivity contribution in [3.8, 4) is 0 Å². The van der Waals surface area contributed by atoms with Gasteiger partial charge < -0.3 is 20.7 Å². The van der Waals surface area contributed by atoms with Crippen LogP contribution >= 0.6 is 35.6 Å². The Bertz CT molecular complexity index is 871. The van der Waals surface area contributed by atoms with Crippen molar-refractivity contribution in [2.75, 3.05) is 26.2 Å². The zero-order valence-corrected chi connectivity index (χ0v) is 21.5. The molecule has 0 aliphatic carbocycles. The summed E-state index contributed by atoms with van der Waals surface area (Å²) in [5.41, 5.74) is 2.85. The molecule has 1 atom stereocenters. The molecule has 8 heteroatoms. The van der Waals surface area contributed by atoms with Gasteiger partial charge >= 0.3 is 0 Å². The molecule has 3 rings (SSSR count). The molecule has 2 aromatic carbocycles. The van der Waals surface area contributed by atoms with Gasteiger partial charge in [-0.2, -0.15) is 0 Å². The lowest BCUT2D eigenvalue weighted by atomic mass is 10.1. The number of carbonyl (C=O) groups is 1. The molecule has 2 aromatic rings. The monoisotopic (exact) mass is 570 g/mol. The largest absolute Gasteiger partial charge is 0.376 e. The lowest BCUT2D eigenvalue weighted by Gasteiger charge is -2.12. The minimum atomic E-state index is -0.0747. The number of hydrogen-bond donors (Lipinski definition) is 3. The molecule has 0 bridgehead atoms. The Kier molecular flexibility index (Phi) is 11.8. The summed E-state index contributed by atoms with van der Waals surface area (Å²) in [5, 5.41) is 10.3. The Hall–Kier alpha value is -1.84. The van der Waals surface area contributed by atoms with Gasteiger partial charge in [-0.05, 0) is 61.6 Å². The third-order valence-corrected chi connectivity index (χ3v) is 5.34. The molecule has 1 aliphatic heterocycles. The van der Waals surface area contributed by atoms with E-state index in [2.05, 4.69) is 20.9 Å². The molecule has 3 N–H and O–H groups in total. The Balaban J connectivity index is 0.00000363. The fourth-order valence-corrected chi connectivity index (χ4v) is 3.54. The summed E-state index contributed by atoms with van der Waals surface area (Å²) in [7, 11) is 0. The van der Waals surface area contributed by atoms with E-state index in [9.17, 15) is 4.79 Å². The van der Waals surface area contributed by atoms with E-state index >= 15 is 0 Å².